The van der Waals surface area contributed by atoms with Crippen molar-refractivity contribution in [2.75, 3.05) is 13.2 Å². The van der Waals surface area contributed by atoms with Gasteiger partial charge >= 0.3 is 6.36 Å². The zero-order chi connectivity index (χ0) is 16.2. The van der Waals surface area contributed by atoms with Crippen LogP contribution in [-0.2, 0) is 0 Å². The van der Waals surface area contributed by atoms with E-state index in [2.05, 4.69) is 4.74 Å². The molecule has 3 nitrogen and oxygen atoms in total. The van der Waals surface area contributed by atoms with Crippen molar-refractivity contribution in [2.45, 2.75) is 6.36 Å². The first-order valence-electron chi connectivity index (χ1n) is 6.38. The van der Waals surface area contributed by atoms with Crippen molar-refractivity contribution in [3.05, 3.63) is 47.5 Å². The molecule has 8 heteroatoms. The molecule has 0 spiro atoms. The number of rotatable bonds is 5. The summed E-state index contributed by atoms with van der Waals surface area (Å²) in [5.74, 6) is -0.461. The largest absolute Gasteiger partial charge is 0.573 e. The minimum atomic E-state index is -4.80. The number of benzene rings is 2. The first kappa shape index (κ1) is 19.4. The molecule has 0 aromatic heterocycles. The minimum Gasteiger partial charge on any atom is -0.488 e. The smallest absolute Gasteiger partial charge is 0.488 e. The van der Waals surface area contributed by atoms with Gasteiger partial charge in [-0.05, 0) is 23.8 Å². The van der Waals surface area contributed by atoms with E-state index in [1.807, 2.05) is 0 Å². The van der Waals surface area contributed by atoms with Crippen molar-refractivity contribution in [3.63, 3.8) is 0 Å². The number of hydrogen-bond donors (Lipinski definition) is 1. The molecule has 0 aliphatic rings. The monoisotopic (exact) mass is 367 g/mol. The van der Waals surface area contributed by atoms with E-state index >= 15 is 0 Å². The molecule has 0 aliphatic carbocycles. The molecule has 0 radical (unpaired) electrons. The summed E-state index contributed by atoms with van der Waals surface area (Å²) in [4.78, 5) is 0. The highest BCUT2D eigenvalue weighted by Gasteiger charge is 2.32. The van der Waals surface area contributed by atoms with Gasteiger partial charge in [-0.15, -0.1) is 25.6 Å². The highest BCUT2D eigenvalue weighted by atomic mass is 35.5. The lowest BCUT2D eigenvalue weighted by Crippen LogP contribution is -2.18. The lowest BCUT2D eigenvalue weighted by Gasteiger charge is -2.15. The van der Waals surface area contributed by atoms with Gasteiger partial charge in [0.1, 0.15) is 6.61 Å². The van der Waals surface area contributed by atoms with Gasteiger partial charge in [0.25, 0.3) is 0 Å². The van der Waals surface area contributed by atoms with Gasteiger partial charge in [0.2, 0.25) is 0 Å². The second kappa shape index (κ2) is 8.29. The first-order valence-corrected chi connectivity index (χ1v) is 6.76. The summed E-state index contributed by atoms with van der Waals surface area (Å²) in [6, 6.07) is 11.1. The van der Waals surface area contributed by atoms with Crippen molar-refractivity contribution in [1.29, 1.82) is 0 Å². The van der Waals surface area contributed by atoms with Crippen LogP contribution in [0.4, 0.5) is 13.2 Å². The van der Waals surface area contributed by atoms with Gasteiger partial charge in [-0.2, -0.15) is 0 Å². The highest BCUT2D eigenvalue weighted by Crippen LogP contribution is 2.37. The van der Waals surface area contributed by atoms with E-state index in [1.54, 1.807) is 24.3 Å². The number of halogens is 5. The van der Waals surface area contributed by atoms with Crippen molar-refractivity contribution >= 4 is 24.0 Å². The Morgan fingerprint density at radius 2 is 1.74 bits per heavy atom. The van der Waals surface area contributed by atoms with E-state index in [9.17, 15) is 13.2 Å². The average Bonchev–Trinajstić information content (AvgIpc) is 2.45. The molecule has 0 bridgehead atoms. The molecule has 0 fully saturated rings. The number of hydrogen-bond acceptors (Lipinski definition) is 3. The predicted octanol–water partition coefficient (Wildman–Crippen LogP) is 4.66. The molecule has 2 N–H and O–H groups in total. The van der Waals surface area contributed by atoms with Crippen LogP contribution in [0.2, 0.25) is 5.02 Å². The summed E-state index contributed by atoms with van der Waals surface area (Å²) < 4.78 is 46.4. The second-order valence-electron chi connectivity index (χ2n) is 4.33. The molecule has 0 atom stereocenters. The Morgan fingerprint density at radius 1 is 1.04 bits per heavy atom. The molecule has 0 saturated heterocycles. The summed E-state index contributed by atoms with van der Waals surface area (Å²) in [5.41, 5.74) is 6.62. The van der Waals surface area contributed by atoms with E-state index in [4.69, 9.17) is 22.1 Å². The van der Waals surface area contributed by atoms with Crippen molar-refractivity contribution in [2.24, 2.45) is 5.73 Å². The molecule has 0 unspecified atom stereocenters. The molecule has 126 valence electrons. The Labute approximate surface area is 142 Å². The molecular weight excluding hydrogens is 354 g/mol. The third-order valence-corrected chi connectivity index (χ3v) is 3.06. The maximum Gasteiger partial charge on any atom is 0.573 e. The van der Waals surface area contributed by atoms with E-state index < -0.39 is 12.1 Å². The third-order valence-electron chi connectivity index (χ3n) is 2.73. The van der Waals surface area contributed by atoms with E-state index in [0.717, 1.165) is 0 Å². The van der Waals surface area contributed by atoms with Crippen LogP contribution in [0.1, 0.15) is 0 Å². The van der Waals surface area contributed by atoms with Crippen LogP contribution in [0, 0.1) is 0 Å². The molecule has 0 amide bonds. The van der Waals surface area contributed by atoms with Gasteiger partial charge in [0, 0.05) is 17.1 Å². The third kappa shape index (κ3) is 5.49. The molecular formula is C15H14Cl2F3NO2. The van der Waals surface area contributed by atoms with Crippen LogP contribution in [0.5, 0.6) is 11.5 Å². The van der Waals surface area contributed by atoms with Gasteiger partial charge < -0.3 is 15.2 Å². The van der Waals surface area contributed by atoms with Crippen LogP contribution in [-0.4, -0.2) is 19.5 Å². The number of ether oxygens (including phenoxy) is 2. The summed E-state index contributed by atoms with van der Waals surface area (Å²) in [6.07, 6.45) is -4.80. The topological polar surface area (TPSA) is 44.5 Å². The zero-order valence-electron chi connectivity index (χ0n) is 11.8. The molecule has 23 heavy (non-hydrogen) atoms. The Balaban J connectivity index is 0.00000264. The van der Waals surface area contributed by atoms with Gasteiger partial charge in [0.15, 0.2) is 11.5 Å². The first-order chi connectivity index (χ1) is 10.4. The normalized spacial score (nSPS) is 10.8. The van der Waals surface area contributed by atoms with Crippen LogP contribution in [0.3, 0.4) is 0 Å². The van der Waals surface area contributed by atoms with Crippen LogP contribution in [0.25, 0.3) is 11.1 Å². The highest BCUT2D eigenvalue weighted by molar-refractivity contribution is 6.33. The van der Waals surface area contributed by atoms with Crippen LogP contribution >= 0.6 is 24.0 Å². The van der Waals surface area contributed by atoms with Crippen molar-refractivity contribution < 1.29 is 22.6 Å². The quantitative estimate of drug-likeness (QED) is 0.835. The number of nitrogens with two attached hydrogens (primary N) is 1. The fourth-order valence-corrected chi connectivity index (χ4v) is 2.11. The fourth-order valence-electron chi connectivity index (χ4n) is 1.86. The molecule has 2 rings (SSSR count). The maximum atomic E-state index is 12.4. The molecule has 0 saturated carbocycles. The Morgan fingerprint density at radius 3 is 2.35 bits per heavy atom. The van der Waals surface area contributed by atoms with E-state index in [-0.39, 0.29) is 31.3 Å². The maximum absolute atomic E-state index is 12.4. The molecule has 0 aliphatic heterocycles. The predicted molar refractivity (Wildman–Crippen MR) is 85.4 cm³/mol. The van der Waals surface area contributed by atoms with Gasteiger partial charge in [-0.25, -0.2) is 0 Å². The Bertz CT molecular complexity index is 651. The number of alkyl halides is 3. The molecule has 0 heterocycles. The van der Waals surface area contributed by atoms with Crippen molar-refractivity contribution in [3.8, 4) is 22.6 Å². The summed E-state index contributed by atoms with van der Waals surface area (Å²) in [5, 5.41) is 0.483. The zero-order valence-corrected chi connectivity index (χ0v) is 13.3. The lowest BCUT2D eigenvalue weighted by molar-refractivity contribution is -0.275. The average molecular weight is 368 g/mol. The minimum absolute atomic E-state index is 0. The molecule has 2 aromatic carbocycles. The summed E-state index contributed by atoms with van der Waals surface area (Å²) >= 11 is 6.09. The molecule has 2 aromatic rings. The Kier molecular flexibility index (Phi) is 7.00. The standard InChI is InChI=1S/C15H13ClF3NO2.ClH/c16-12-4-2-1-3-11(12)10-5-6-13(22-15(17,18)19)14(9-10)21-8-7-20;/h1-6,9H,7-8,20H2;1H. The second-order valence-corrected chi connectivity index (χ2v) is 4.73. The van der Waals surface area contributed by atoms with Crippen LogP contribution < -0.4 is 15.2 Å². The van der Waals surface area contributed by atoms with Gasteiger partial charge in [0.05, 0.1) is 0 Å². The van der Waals surface area contributed by atoms with E-state index in [0.29, 0.717) is 16.1 Å². The fraction of sp³-hybridized carbons (Fsp3) is 0.200. The Hall–Kier alpha value is -1.63. The van der Waals surface area contributed by atoms with Crippen LogP contribution in [0.15, 0.2) is 42.5 Å². The van der Waals surface area contributed by atoms with Gasteiger partial charge in [-0.1, -0.05) is 35.9 Å². The summed E-state index contributed by atoms with van der Waals surface area (Å²) in [7, 11) is 0. The summed E-state index contributed by atoms with van der Waals surface area (Å²) in [6.45, 7) is 0.238. The van der Waals surface area contributed by atoms with Crippen molar-refractivity contribution in [1.82, 2.24) is 0 Å². The van der Waals surface area contributed by atoms with E-state index in [1.165, 1.54) is 18.2 Å². The van der Waals surface area contributed by atoms with Gasteiger partial charge in [-0.3, -0.25) is 0 Å². The SMILES string of the molecule is Cl.NCCOc1cc(-c2ccccc2Cl)ccc1OC(F)(F)F. The lowest BCUT2D eigenvalue weighted by atomic mass is 10.1.